The minimum Gasteiger partial charge on any atom is -0.492 e. The van der Waals surface area contributed by atoms with Gasteiger partial charge in [-0.3, -0.25) is 14.9 Å². The Labute approximate surface area is 138 Å². The number of hydrogen-bond donors (Lipinski definition) is 1. The van der Waals surface area contributed by atoms with Crippen molar-refractivity contribution in [2.45, 2.75) is 6.92 Å². The number of halogens is 1. The molecular weight excluding hydrogens is 320 g/mol. The third-order valence-electron chi connectivity index (χ3n) is 3.09. The molecule has 0 unspecified atom stereocenters. The molecule has 120 valence electrons. The molecule has 0 radical (unpaired) electrons. The summed E-state index contributed by atoms with van der Waals surface area (Å²) < 4.78 is 5.49. The van der Waals surface area contributed by atoms with Crippen molar-refractivity contribution in [3.63, 3.8) is 0 Å². The number of non-ortho nitro benzene ring substituents is 1. The first-order chi connectivity index (χ1) is 11.0. The Kier molecular flexibility index (Phi) is 5.54. The fourth-order valence-electron chi connectivity index (χ4n) is 1.86. The Hall–Kier alpha value is -2.60. The summed E-state index contributed by atoms with van der Waals surface area (Å²) in [7, 11) is 0. The molecule has 2 rings (SSSR count). The maximum atomic E-state index is 12.0. The SMILES string of the molecule is Cc1ccc(OCCNC(=O)c2ccc([N+](=O)[O-])cc2Cl)cc1. The van der Waals surface area contributed by atoms with Gasteiger partial charge in [-0.2, -0.15) is 0 Å². The Morgan fingerprint density at radius 2 is 1.96 bits per heavy atom. The van der Waals surface area contributed by atoms with E-state index >= 15 is 0 Å². The highest BCUT2D eigenvalue weighted by Gasteiger charge is 2.14. The summed E-state index contributed by atoms with van der Waals surface area (Å²) in [6.07, 6.45) is 0. The number of hydrogen-bond acceptors (Lipinski definition) is 4. The van der Waals surface area contributed by atoms with Crippen LogP contribution in [0.3, 0.4) is 0 Å². The Balaban J connectivity index is 1.85. The van der Waals surface area contributed by atoms with Crippen LogP contribution in [0, 0.1) is 17.0 Å². The number of aryl methyl sites for hydroxylation is 1. The largest absolute Gasteiger partial charge is 0.492 e. The lowest BCUT2D eigenvalue weighted by Crippen LogP contribution is -2.28. The zero-order valence-corrected chi connectivity index (χ0v) is 13.2. The molecule has 1 amide bonds. The van der Waals surface area contributed by atoms with Crippen LogP contribution in [0.25, 0.3) is 0 Å². The van der Waals surface area contributed by atoms with Gasteiger partial charge in [0.2, 0.25) is 0 Å². The van der Waals surface area contributed by atoms with Gasteiger partial charge in [-0.25, -0.2) is 0 Å². The number of nitrogens with zero attached hydrogens (tertiary/aromatic N) is 1. The number of nitro groups is 1. The molecule has 6 nitrogen and oxygen atoms in total. The molecule has 0 aliphatic rings. The quantitative estimate of drug-likeness (QED) is 0.499. The molecule has 0 spiro atoms. The molecule has 7 heteroatoms. The highest BCUT2D eigenvalue weighted by molar-refractivity contribution is 6.34. The van der Waals surface area contributed by atoms with Gasteiger partial charge in [0.25, 0.3) is 11.6 Å². The van der Waals surface area contributed by atoms with E-state index in [0.29, 0.717) is 13.2 Å². The van der Waals surface area contributed by atoms with Gasteiger partial charge >= 0.3 is 0 Å². The summed E-state index contributed by atoms with van der Waals surface area (Å²) in [5, 5.41) is 13.3. The summed E-state index contributed by atoms with van der Waals surface area (Å²) in [5.41, 5.74) is 1.17. The number of ether oxygens (including phenoxy) is 1. The van der Waals surface area contributed by atoms with Gasteiger partial charge in [0, 0.05) is 12.1 Å². The molecule has 0 aliphatic carbocycles. The minimum atomic E-state index is -0.566. The molecule has 0 aromatic heterocycles. The van der Waals surface area contributed by atoms with Crippen LogP contribution < -0.4 is 10.1 Å². The maximum Gasteiger partial charge on any atom is 0.270 e. The fraction of sp³-hybridized carbons (Fsp3) is 0.188. The number of rotatable bonds is 6. The number of carbonyl (C=O) groups excluding carboxylic acids is 1. The van der Waals surface area contributed by atoms with Crippen molar-refractivity contribution < 1.29 is 14.5 Å². The maximum absolute atomic E-state index is 12.0. The van der Waals surface area contributed by atoms with Gasteiger partial charge < -0.3 is 10.1 Å². The van der Waals surface area contributed by atoms with Crippen LogP contribution in [0.1, 0.15) is 15.9 Å². The molecule has 2 aromatic carbocycles. The first kappa shape index (κ1) is 16.8. The first-order valence-corrected chi connectivity index (χ1v) is 7.27. The summed E-state index contributed by atoms with van der Waals surface area (Å²) >= 11 is 5.90. The Morgan fingerprint density at radius 3 is 2.57 bits per heavy atom. The monoisotopic (exact) mass is 334 g/mol. The second kappa shape index (κ2) is 7.60. The van der Waals surface area contributed by atoms with Gasteiger partial charge in [-0.15, -0.1) is 0 Å². The van der Waals surface area contributed by atoms with Crippen LogP contribution in [0.5, 0.6) is 5.75 Å². The highest BCUT2D eigenvalue weighted by Crippen LogP contribution is 2.22. The zero-order chi connectivity index (χ0) is 16.8. The second-order valence-corrected chi connectivity index (χ2v) is 5.25. The lowest BCUT2D eigenvalue weighted by molar-refractivity contribution is -0.384. The number of amides is 1. The predicted molar refractivity (Wildman–Crippen MR) is 87.1 cm³/mol. The van der Waals surface area contributed by atoms with Crippen LogP contribution in [-0.4, -0.2) is 24.0 Å². The van der Waals surface area contributed by atoms with Crippen LogP contribution >= 0.6 is 11.6 Å². The molecule has 0 fully saturated rings. The molecule has 0 saturated heterocycles. The molecule has 1 N–H and O–H groups in total. The molecule has 2 aromatic rings. The van der Waals surface area contributed by atoms with E-state index in [1.807, 2.05) is 31.2 Å². The van der Waals surface area contributed by atoms with E-state index in [9.17, 15) is 14.9 Å². The number of benzene rings is 2. The molecule has 23 heavy (non-hydrogen) atoms. The Bertz CT molecular complexity index is 717. The van der Waals surface area contributed by atoms with Crippen LogP contribution in [0.15, 0.2) is 42.5 Å². The van der Waals surface area contributed by atoms with Gasteiger partial charge in [-0.05, 0) is 25.1 Å². The lowest BCUT2D eigenvalue weighted by Gasteiger charge is -2.09. The van der Waals surface area contributed by atoms with Crippen molar-refractivity contribution >= 4 is 23.2 Å². The summed E-state index contributed by atoms with van der Waals surface area (Å²) in [6.45, 7) is 2.58. The third-order valence-corrected chi connectivity index (χ3v) is 3.40. The van der Waals surface area contributed by atoms with E-state index in [0.717, 1.165) is 17.4 Å². The normalized spacial score (nSPS) is 10.2. The van der Waals surface area contributed by atoms with E-state index in [4.69, 9.17) is 16.3 Å². The molecule has 0 bridgehead atoms. The number of nitro benzene ring substituents is 1. The Morgan fingerprint density at radius 1 is 1.26 bits per heavy atom. The average Bonchev–Trinajstić information content (AvgIpc) is 2.52. The molecule has 0 aliphatic heterocycles. The van der Waals surface area contributed by atoms with Crippen molar-refractivity contribution in [3.8, 4) is 5.75 Å². The van der Waals surface area contributed by atoms with Crippen molar-refractivity contribution in [2.75, 3.05) is 13.2 Å². The van der Waals surface area contributed by atoms with E-state index in [1.54, 1.807) is 0 Å². The van der Waals surface area contributed by atoms with Crippen molar-refractivity contribution in [2.24, 2.45) is 0 Å². The van der Waals surface area contributed by atoms with Crippen molar-refractivity contribution in [1.29, 1.82) is 0 Å². The summed E-state index contributed by atoms with van der Waals surface area (Å²) in [5.74, 6) is 0.315. The van der Waals surface area contributed by atoms with Gasteiger partial charge in [0.15, 0.2) is 0 Å². The molecule has 0 atom stereocenters. The van der Waals surface area contributed by atoms with E-state index in [2.05, 4.69) is 5.32 Å². The summed E-state index contributed by atoms with van der Waals surface area (Å²) in [4.78, 5) is 22.0. The molecule has 0 heterocycles. The first-order valence-electron chi connectivity index (χ1n) is 6.89. The number of carbonyl (C=O) groups is 1. The average molecular weight is 335 g/mol. The fourth-order valence-corrected chi connectivity index (χ4v) is 2.13. The minimum absolute atomic E-state index is 0.0381. The van der Waals surface area contributed by atoms with Gasteiger partial charge in [0.1, 0.15) is 12.4 Å². The van der Waals surface area contributed by atoms with Crippen molar-refractivity contribution in [3.05, 3.63) is 68.7 Å². The van der Waals surface area contributed by atoms with Gasteiger partial charge in [-0.1, -0.05) is 29.3 Å². The molecule has 0 saturated carbocycles. The van der Waals surface area contributed by atoms with Crippen LogP contribution in [0.4, 0.5) is 5.69 Å². The zero-order valence-electron chi connectivity index (χ0n) is 12.4. The van der Waals surface area contributed by atoms with Crippen LogP contribution in [-0.2, 0) is 0 Å². The summed E-state index contributed by atoms with van der Waals surface area (Å²) in [6, 6.07) is 11.3. The van der Waals surface area contributed by atoms with Crippen molar-refractivity contribution in [1.82, 2.24) is 5.32 Å². The lowest BCUT2D eigenvalue weighted by atomic mass is 10.2. The standard InChI is InChI=1S/C16H15ClN2O4/c1-11-2-5-13(6-3-11)23-9-8-18-16(20)14-7-4-12(19(21)22)10-15(14)17/h2-7,10H,8-9H2,1H3,(H,18,20). The van der Waals surface area contributed by atoms with E-state index in [1.165, 1.54) is 12.1 Å². The number of nitrogens with one attached hydrogen (secondary N) is 1. The van der Waals surface area contributed by atoms with Crippen LogP contribution in [0.2, 0.25) is 5.02 Å². The van der Waals surface area contributed by atoms with E-state index < -0.39 is 10.8 Å². The topological polar surface area (TPSA) is 81.5 Å². The third kappa shape index (κ3) is 4.69. The predicted octanol–water partition coefficient (Wildman–Crippen LogP) is 3.37. The van der Waals surface area contributed by atoms with E-state index in [-0.39, 0.29) is 16.3 Å². The smallest absolute Gasteiger partial charge is 0.270 e. The molecular formula is C16H15ClN2O4. The second-order valence-electron chi connectivity index (χ2n) is 4.84. The van der Waals surface area contributed by atoms with Gasteiger partial charge in [0.05, 0.1) is 22.1 Å². The highest BCUT2D eigenvalue weighted by atomic mass is 35.5.